The van der Waals surface area contributed by atoms with E-state index >= 15 is 0 Å². The molecule has 1 saturated carbocycles. The Morgan fingerprint density at radius 3 is 2.71 bits per heavy atom. The van der Waals surface area contributed by atoms with E-state index in [0.717, 1.165) is 11.8 Å². The van der Waals surface area contributed by atoms with Gasteiger partial charge in [-0.15, -0.1) is 0 Å². The summed E-state index contributed by atoms with van der Waals surface area (Å²) in [5.41, 5.74) is 1.48. The zero-order valence-electron chi connectivity index (χ0n) is 10.7. The van der Waals surface area contributed by atoms with E-state index < -0.39 is 0 Å². The Bertz CT molecular complexity index is 364. The second kappa shape index (κ2) is 6.19. The van der Waals surface area contributed by atoms with Crippen LogP contribution in [0.3, 0.4) is 0 Å². The Balaban J connectivity index is 2.18. The van der Waals surface area contributed by atoms with Crippen LogP contribution in [-0.4, -0.2) is 7.05 Å². The number of halogens is 1. The smallest absolute Gasteiger partial charge is 0.0356 e. The monoisotopic (exact) mass is 343 g/mol. The lowest BCUT2D eigenvalue weighted by atomic mass is 9.77. The average molecular weight is 343 g/mol. The number of benzene rings is 1. The Morgan fingerprint density at radius 1 is 1.29 bits per heavy atom. The molecule has 1 aromatic rings. The van der Waals surface area contributed by atoms with Gasteiger partial charge in [0.05, 0.1) is 0 Å². The molecule has 3 atom stereocenters. The Hall–Kier alpha value is -0.0900. The fourth-order valence-electron chi connectivity index (χ4n) is 3.16. The number of rotatable bonds is 3. The lowest BCUT2D eigenvalue weighted by molar-refractivity contribution is 0.229. The summed E-state index contributed by atoms with van der Waals surface area (Å²) in [5.74, 6) is 1.70. The minimum absolute atomic E-state index is 0.533. The van der Waals surface area contributed by atoms with Gasteiger partial charge < -0.3 is 5.32 Å². The molecule has 1 aliphatic rings. The molecule has 94 valence electrons. The first-order chi connectivity index (χ1) is 8.22. The average Bonchev–Trinajstić information content (AvgIpc) is 2.33. The largest absolute Gasteiger partial charge is 0.313 e. The molecule has 2 rings (SSSR count). The lowest BCUT2D eigenvalue weighted by Gasteiger charge is -2.34. The molecule has 0 aliphatic heterocycles. The van der Waals surface area contributed by atoms with E-state index in [2.05, 4.69) is 66.1 Å². The van der Waals surface area contributed by atoms with Gasteiger partial charge in [0.25, 0.3) is 0 Å². The molecule has 1 fully saturated rings. The van der Waals surface area contributed by atoms with Crippen molar-refractivity contribution in [3.05, 3.63) is 33.4 Å². The summed E-state index contributed by atoms with van der Waals surface area (Å²) in [5, 5.41) is 3.54. The lowest BCUT2D eigenvalue weighted by Crippen LogP contribution is -2.29. The number of hydrogen-bond donors (Lipinski definition) is 1. The van der Waals surface area contributed by atoms with Crippen LogP contribution in [-0.2, 0) is 0 Å². The van der Waals surface area contributed by atoms with Gasteiger partial charge in [-0.05, 0) is 65.9 Å². The van der Waals surface area contributed by atoms with Gasteiger partial charge in [-0.25, -0.2) is 0 Å². The van der Waals surface area contributed by atoms with Gasteiger partial charge in [0.15, 0.2) is 0 Å². The third-order valence-electron chi connectivity index (χ3n) is 4.00. The molecule has 0 amide bonds. The normalized spacial score (nSPS) is 26.8. The maximum absolute atomic E-state index is 3.54. The molecule has 0 aromatic heterocycles. The van der Waals surface area contributed by atoms with Gasteiger partial charge in [-0.1, -0.05) is 38.0 Å². The van der Waals surface area contributed by atoms with E-state index in [9.17, 15) is 0 Å². The van der Waals surface area contributed by atoms with Crippen molar-refractivity contribution in [3.63, 3.8) is 0 Å². The summed E-state index contributed by atoms with van der Waals surface area (Å²) < 4.78 is 1.39. The van der Waals surface area contributed by atoms with E-state index in [-0.39, 0.29) is 0 Å². The van der Waals surface area contributed by atoms with Crippen LogP contribution in [0.15, 0.2) is 24.3 Å². The minimum atomic E-state index is 0.533. The summed E-state index contributed by atoms with van der Waals surface area (Å²) >= 11 is 2.46. The Labute approximate surface area is 119 Å². The molecule has 2 heteroatoms. The molecule has 0 bridgehead atoms. The van der Waals surface area contributed by atoms with Crippen molar-refractivity contribution >= 4 is 22.6 Å². The number of nitrogens with one attached hydrogen (secondary N) is 1. The topological polar surface area (TPSA) is 12.0 Å². The first-order valence-electron chi connectivity index (χ1n) is 6.64. The van der Waals surface area contributed by atoms with Crippen LogP contribution in [0.5, 0.6) is 0 Å². The third kappa shape index (κ3) is 3.22. The van der Waals surface area contributed by atoms with Gasteiger partial charge >= 0.3 is 0 Å². The Kier molecular flexibility index (Phi) is 4.86. The molecular formula is C15H22IN. The summed E-state index contributed by atoms with van der Waals surface area (Å²) in [6, 6.07) is 9.32. The van der Waals surface area contributed by atoms with E-state index in [0.29, 0.717) is 6.04 Å². The maximum atomic E-state index is 3.54. The predicted octanol–water partition coefficient (Wildman–Crippen LogP) is 4.38. The van der Waals surface area contributed by atoms with Gasteiger partial charge in [0.1, 0.15) is 0 Å². The molecule has 3 unspecified atom stereocenters. The van der Waals surface area contributed by atoms with Crippen molar-refractivity contribution in [1.82, 2.24) is 5.32 Å². The zero-order chi connectivity index (χ0) is 12.3. The molecule has 0 saturated heterocycles. The van der Waals surface area contributed by atoms with Crippen LogP contribution in [0.25, 0.3) is 0 Å². The summed E-state index contributed by atoms with van der Waals surface area (Å²) in [4.78, 5) is 0. The first kappa shape index (κ1) is 13.3. The molecule has 1 N–H and O–H groups in total. The highest BCUT2D eigenvalue weighted by atomic mass is 127. The van der Waals surface area contributed by atoms with Crippen molar-refractivity contribution in [2.45, 2.75) is 38.6 Å². The minimum Gasteiger partial charge on any atom is -0.313 e. The molecular weight excluding hydrogens is 321 g/mol. The molecule has 0 heterocycles. The first-order valence-corrected chi connectivity index (χ1v) is 7.72. The van der Waals surface area contributed by atoms with Crippen LogP contribution in [0.1, 0.15) is 44.2 Å². The fraction of sp³-hybridized carbons (Fsp3) is 0.600. The molecule has 17 heavy (non-hydrogen) atoms. The zero-order valence-corrected chi connectivity index (χ0v) is 12.9. The fourth-order valence-corrected chi connectivity index (χ4v) is 3.88. The third-order valence-corrected chi connectivity index (χ3v) is 4.98. The second-order valence-corrected chi connectivity index (χ2v) is 6.48. The van der Waals surface area contributed by atoms with Gasteiger partial charge in [-0.3, -0.25) is 0 Å². The Morgan fingerprint density at radius 2 is 2.06 bits per heavy atom. The quantitative estimate of drug-likeness (QED) is 0.804. The summed E-state index contributed by atoms with van der Waals surface area (Å²) in [7, 11) is 2.10. The predicted molar refractivity (Wildman–Crippen MR) is 82.1 cm³/mol. The highest BCUT2D eigenvalue weighted by Gasteiger charge is 2.27. The number of hydrogen-bond acceptors (Lipinski definition) is 1. The molecule has 1 aromatic carbocycles. The summed E-state index contributed by atoms with van der Waals surface area (Å²) in [6.07, 6.45) is 5.56. The highest BCUT2D eigenvalue weighted by Crippen LogP contribution is 2.38. The molecule has 0 radical (unpaired) electrons. The molecule has 1 nitrogen and oxygen atoms in total. The standard InChI is InChI=1S/C15H22IN/c1-11-6-5-7-12(10-11)15(17-2)13-8-3-4-9-14(13)16/h3-4,8-9,11-12,15,17H,5-7,10H2,1-2H3. The SMILES string of the molecule is CNC(c1ccccc1I)C1CCCC(C)C1. The van der Waals surface area contributed by atoms with E-state index in [1.54, 1.807) is 0 Å². The van der Waals surface area contributed by atoms with Crippen molar-refractivity contribution in [1.29, 1.82) is 0 Å². The van der Waals surface area contributed by atoms with E-state index in [4.69, 9.17) is 0 Å². The van der Waals surface area contributed by atoms with E-state index in [1.165, 1.54) is 34.8 Å². The van der Waals surface area contributed by atoms with Crippen molar-refractivity contribution in [3.8, 4) is 0 Å². The van der Waals surface area contributed by atoms with Crippen LogP contribution in [0, 0.1) is 15.4 Å². The van der Waals surface area contributed by atoms with Crippen molar-refractivity contribution in [2.24, 2.45) is 11.8 Å². The van der Waals surface area contributed by atoms with Crippen molar-refractivity contribution in [2.75, 3.05) is 7.05 Å². The van der Waals surface area contributed by atoms with Gasteiger partial charge in [0.2, 0.25) is 0 Å². The van der Waals surface area contributed by atoms with Crippen LogP contribution in [0.2, 0.25) is 0 Å². The maximum Gasteiger partial charge on any atom is 0.0356 e. The highest BCUT2D eigenvalue weighted by molar-refractivity contribution is 14.1. The van der Waals surface area contributed by atoms with E-state index in [1.807, 2.05) is 0 Å². The second-order valence-electron chi connectivity index (χ2n) is 5.32. The van der Waals surface area contributed by atoms with Crippen molar-refractivity contribution < 1.29 is 0 Å². The molecule has 1 aliphatic carbocycles. The van der Waals surface area contributed by atoms with Gasteiger partial charge in [-0.2, -0.15) is 0 Å². The molecule has 0 spiro atoms. The van der Waals surface area contributed by atoms with Crippen LogP contribution >= 0.6 is 22.6 Å². The van der Waals surface area contributed by atoms with Crippen LogP contribution < -0.4 is 5.32 Å². The van der Waals surface area contributed by atoms with Gasteiger partial charge in [0, 0.05) is 9.61 Å². The summed E-state index contributed by atoms with van der Waals surface area (Å²) in [6.45, 7) is 2.40. The van der Waals surface area contributed by atoms with Crippen LogP contribution in [0.4, 0.5) is 0 Å².